The van der Waals surface area contributed by atoms with Crippen molar-refractivity contribution in [3.8, 4) is 6.07 Å². The summed E-state index contributed by atoms with van der Waals surface area (Å²) in [5.41, 5.74) is 1.54. The summed E-state index contributed by atoms with van der Waals surface area (Å²) in [5, 5.41) is 14.7. The van der Waals surface area contributed by atoms with Crippen molar-refractivity contribution in [2.45, 2.75) is 6.92 Å². The van der Waals surface area contributed by atoms with Gasteiger partial charge in [0, 0.05) is 11.8 Å². The van der Waals surface area contributed by atoms with Gasteiger partial charge in [-0.2, -0.15) is 5.26 Å². The third-order valence-electron chi connectivity index (χ3n) is 2.46. The Hall–Kier alpha value is -3.14. The third-order valence-corrected chi connectivity index (χ3v) is 2.46. The maximum absolute atomic E-state index is 11.6. The van der Waals surface area contributed by atoms with Gasteiger partial charge in [0.2, 0.25) is 5.76 Å². The highest BCUT2D eigenvalue weighted by molar-refractivity contribution is 5.94. The van der Waals surface area contributed by atoms with Crippen LogP contribution in [-0.4, -0.2) is 23.6 Å². The van der Waals surface area contributed by atoms with Crippen LogP contribution in [-0.2, 0) is 9.53 Å². The second-order valence-corrected chi connectivity index (χ2v) is 4.15. The van der Waals surface area contributed by atoms with Gasteiger partial charge in [0.05, 0.1) is 17.3 Å². The molecular weight excluding hydrogens is 274 g/mol. The number of anilines is 1. The third kappa shape index (κ3) is 3.91. The van der Waals surface area contributed by atoms with Crippen LogP contribution < -0.4 is 5.32 Å². The van der Waals surface area contributed by atoms with E-state index in [0.717, 1.165) is 0 Å². The van der Waals surface area contributed by atoms with E-state index in [1.54, 1.807) is 31.2 Å². The van der Waals surface area contributed by atoms with Crippen molar-refractivity contribution in [2.24, 2.45) is 0 Å². The molecule has 2 rings (SSSR count). The number of rotatable bonds is 4. The number of nitrogens with one attached hydrogen (secondary N) is 1. The number of nitrogens with zero attached hydrogens (tertiary/aromatic N) is 2. The molecule has 0 spiro atoms. The van der Waals surface area contributed by atoms with Crippen molar-refractivity contribution in [1.82, 2.24) is 5.16 Å². The maximum atomic E-state index is 11.6. The van der Waals surface area contributed by atoms with Gasteiger partial charge in [-0.1, -0.05) is 5.16 Å². The zero-order chi connectivity index (χ0) is 15.2. The van der Waals surface area contributed by atoms with E-state index in [9.17, 15) is 9.59 Å². The highest BCUT2D eigenvalue weighted by Crippen LogP contribution is 2.09. The first-order chi connectivity index (χ1) is 10.1. The molecule has 0 saturated carbocycles. The molecule has 0 aliphatic heterocycles. The maximum Gasteiger partial charge on any atom is 0.377 e. The number of carbonyl (C=O) groups is 2. The number of aryl methyl sites for hydroxylation is 1. The molecule has 1 aromatic carbocycles. The van der Waals surface area contributed by atoms with E-state index in [1.165, 1.54) is 6.07 Å². The molecule has 106 valence electrons. The smallest absolute Gasteiger partial charge is 0.377 e. The number of nitriles is 1. The van der Waals surface area contributed by atoms with E-state index in [0.29, 0.717) is 16.9 Å². The van der Waals surface area contributed by atoms with Crippen LogP contribution >= 0.6 is 0 Å². The van der Waals surface area contributed by atoms with Crippen LogP contribution in [0.5, 0.6) is 0 Å². The van der Waals surface area contributed by atoms with Gasteiger partial charge in [-0.05, 0) is 31.2 Å². The Balaban J connectivity index is 1.84. The average Bonchev–Trinajstić information content (AvgIpc) is 2.92. The van der Waals surface area contributed by atoms with Crippen LogP contribution in [0.1, 0.15) is 21.8 Å². The Bertz CT molecular complexity index is 698. The highest BCUT2D eigenvalue weighted by Gasteiger charge is 2.15. The molecule has 0 unspecified atom stereocenters. The van der Waals surface area contributed by atoms with Gasteiger partial charge >= 0.3 is 5.97 Å². The second-order valence-electron chi connectivity index (χ2n) is 4.15. The summed E-state index contributed by atoms with van der Waals surface area (Å²) in [7, 11) is 0. The topological polar surface area (TPSA) is 105 Å². The fourth-order valence-electron chi connectivity index (χ4n) is 1.49. The summed E-state index contributed by atoms with van der Waals surface area (Å²) >= 11 is 0. The standard InChI is InChI=1S/C14H11N3O4/c1-9-6-12(21-17-9)14(19)20-8-13(18)16-11-4-2-10(7-15)3-5-11/h2-6H,8H2,1H3,(H,16,18). The fraction of sp³-hybridized carbons (Fsp3) is 0.143. The minimum Gasteiger partial charge on any atom is -0.450 e. The molecule has 0 saturated heterocycles. The number of aromatic nitrogens is 1. The Morgan fingerprint density at radius 1 is 1.38 bits per heavy atom. The largest absolute Gasteiger partial charge is 0.450 e. The Labute approximate surface area is 120 Å². The van der Waals surface area contributed by atoms with Crippen LogP contribution in [0.25, 0.3) is 0 Å². The van der Waals surface area contributed by atoms with Gasteiger partial charge in [0.25, 0.3) is 5.91 Å². The van der Waals surface area contributed by atoms with Crippen LogP contribution in [0, 0.1) is 18.3 Å². The molecule has 2 aromatic rings. The molecule has 1 N–H and O–H groups in total. The molecule has 0 fully saturated rings. The number of benzene rings is 1. The zero-order valence-corrected chi connectivity index (χ0v) is 11.1. The highest BCUT2D eigenvalue weighted by atomic mass is 16.6. The molecule has 1 heterocycles. The Morgan fingerprint density at radius 2 is 2.10 bits per heavy atom. The van der Waals surface area contributed by atoms with E-state index in [2.05, 4.69) is 10.5 Å². The minimum atomic E-state index is -0.759. The fourth-order valence-corrected chi connectivity index (χ4v) is 1.49. The lowest BCUT2D eigenvalue weighted by Gasteiger charge is -2.05. The van der Waals surface area contributed by atoms with Crippen molar-refractivity contribution in [1.29, 1.82) is 5.26 Å². The van der Waals surface area contributed by atoms with Crippen molar-refractivity contribution in [3.63, 3.8) is 0 Å². The van der Waals surface area contributed by atoms with Gasteiger partial charge in [-0.15, -0.1) is 0 Å². The molecule has 0 atom stereocenters. The quantitative estimate of drug-likeness (QED) is 0.856. The van der Waals surface area contributed by atoms with Crippen molar-refractivity contribution < 1.29 is 18.8 Å². The molecule has 0 aliphatic carbocycles. The summed E-state index contributed by atoms with van der Waals surface area (Å²) in [6.45, 7) is 1.22. The molecule has 0 aliphatic rings. The van der Waals surface area contributed by atoms with Gasteiger partial charge in [-0.25, -0.2) is 4.79 Å². The number of esters is 1. The summed E-state index contributed by atoms with van der Waals surface area (Å²) in [4.78, 5) is 23.1. The van der Waals surface area contributed by atoms with Gasteiger partial charge in [0.15, 0.2) is 6.61 Å². The van der Waals surface area contributed by atoms with E-state index in [4.69, 9.17) is 14.5 Å². The SMILES string of the molecule is Cc1cc(C(=O)OCC(=O)Nc2ccc(C#N)cc2)on1. The monoisotopic (exact) mass is 285 g/mol. The molecular formula is C14H11N3O4. The normalized spacial score (nSPS) is 9.71. The molecule has 7 heteroatoms. The minimum absolute atomic E-state index is 0.0568. The van der Waals surface area contributed by atoms with Crippen LogP contribution in [0.4, 0.5) is 5.69 Å². The first-order valence-electron chi connectivity index (χ1n) is 5.99. The second kappa shape index (κ2) is 6.34. The number of hydrogen-bond acceptors (Lipinski definition) is 6. The molecule has 21 heavy (non-hydrogen) atoms. The molecule has 0 radical (unpaired) electrons. The summed E-state index contributed by atoms with van der Waals surface area (Å²) in [6.07, 6.45) is 0. The van der Waals surface area contributed by atoms with E-state index < -0.39 is 18.5 Å². The number of amides is 1. The first-order valence-corrected chi connectivity index (χ1v) is 5.99. The van der Waals surface area contributed by atoms with Crippen molar-refractivity contribution in [3.05, 3.63) is 47.3 Å². The van der Waals surface area contributed by atoms with Crippen LogP contribution in [0.15, 0.2) is 34.9 Å². The van der Waals surface area contributed by atoms with E-state index in [1.807, 2.05) is 6.07 Å². The summed E-state index contributed by atoms with van der Waals surface area (Å²) in [6, 6.07) is 9.69. The lowest BCUT2D eigenvalue weighted by Crippen LogP contribution is -2.20. The summed E-state index contributed by atoms with van der Waals surface area (Å²) in [5.74, 6) is -1.31. The Kier molecular flexibility index (Phi) is 4.31. The van der Waals surface area contributed by atoms with Crippen molar-refractivity contribution >= 4 is 17.6 Å². The first kappa shape index (κ1) is 14.3. The Morgan fingerprint density at radius 3 is 2.67 bits per heavy atom. The number of carbonyl (C=O) groups excluding carboxylic acids is 2. The van der Waals surface area contributed by atoms with Crippen LogP contribution in [0.2, 0.25) is 0 Å². The molecule has 1 amide bonds. The average molecular weight is 285 g/mol. The molecule has 1 aromatic heterocycles. The molecule has 7 nitrogen and oxygen atoms in total. The van der Waals surface area contributed by atoms with Gasteiger partial charge in [0.1, 0.15) is 0 Å². The lowest BCUT2D eigenvalue weighted by atomic mass is 10.2. The number of hydrogen-bond donors (Lipinski definition) is 1. The van der Waals surface area contributed by atoms with Crippen LogP contribution in [0.3, 0.4) is 0 Å². The van der Waals surface area contributed by atoms with Crippen molar-refractivity contribution in [2.75, 3.05) is 11.9 Å². The lowest BCUT2D eigenvalue weighted by molar-refractivity contribution is -0.119. The predicted molar refractivity (Wildman–Crippen MR) is 71.3 cm³/mol. The van der Waals surface area contributed by atoms with Gasteiger partial charge in [-0.3, -0.25) is 4.79 Å². The zero-order valence-electron chi connectivity index (χ0n) is 11.1. The van der Waals surface area contributed by atoms with E-state index in [-0.39, 0.29) is 5.76 Å². The predicted octanol–water partition coefficient (Wildman–Crippen LogP) is 1.65. The summed E-state index contributed by atoms with van der Waals surface area (Å²) < 4.78 is 9.50. The number of ether oxygens (including phenoxy) is 1. The molecule has 0 bridgehead atoms. The van der Waals surface area contributed by atoms with E-state index >= 15 is 0 Å². The van der Waals surface area contributed by atoms with Gasteiger partial charge < -0.3 is 14.6 Å².